The van der Waals surface area contributed by atoms with Gasteiger partial charge < -0.3 is 24.2 Å². The Morgan fingerprint density at radius 3 is 1.73 bits per heavy atom. The van der Waals surface area contributed by atoms with Crippen molar-refractivity contribution in [1.29, 1.82) is 0 Å². The lowest BCUT2D eigenvalue weighted by atomic mass is 10.1. The average molecular weight is 466 g/mol. The molecule has 1 N–H and O–H groups in total. The summed E-state index contributed by atoms with van der Waals surface area (Å²) in [6.45, 7) is 2.51. The van der Waals surface area contributed by atoms with Crippen LogP contribution in [0.5, 0.6) is 11.5 Å². The standard InChI is InChI=1S/C26H43NO6/c1-4-5-6-7-8-9-10-11-12-13-14-15-16-33-24-18-22(17-23(28)19-24)27(20-25(29)31-2)21-26(30)32-3/h17-19,28H,4-16,20-21H2,1-3H3. The molecule has 1 aromatic carbocycles. The number of carbonyl (C=O) groups is 2. The van der Waals surface area contributed by atoms with Crippen molar-refractivity contribution in [2.45, 2.75) is 84.0 Å². The molecule has 7 heteroatoms. The number of phenolic OH excluding ortho intramolecular Hbond substituents is 1. The van der Waals surface area contributed by atoms with Gasteiger partial charge in [0.2, 0.25) is 0 Å². The lowest BCUT2D eigenvalue weighted by Gasteiger charge is -2.23. The molecule has 7 nitrogen and oxygen atoms in total. The smallest absolute Gasteiger partial charge is 0.325 e. The van der Waals surface area contributed by atoms with Gasteiger partial charge in [-0.2, -0.15) is 0 Å². The zero-order valence-electron chi connectivity index (χ0n) is 20.8. The monoisotopic (exact) mass is 465 g/mol. The highest BCUT2D eigenvalue weighted by atomic mass is 16.5. The molecule has 0 amide bonds. The molecular weight excluding hydrogens is 422 g/mol. The summed E-state index contributed by atoms with van der Waals surface area (Å²) in [5.41, 5.74) is 0.482. The van der Waals surface area contributed by atoms with E-state index in [1.165, 1.54) is 95.5 Å². The fourth-order valence-corrected chi connectivity index (χ4v) is 3.65. The van der Waals surface area contributed by atoms with E-state index in [4.69, 9.17) is 14.2 Å². The molecule has 0 aromatic heterocycles. The van der Waals surface area contributed by atoms with Crippen LogP contribution in [0.25, 0.3) is 0 Å². The van der Waals surface area contributed by atoms with E-state index in [0.717, 1.165) is 12.8 Å². The zero-order valence-corrected chi connectivity index (χ0v) is 20.8. The van der Waals surface area contributed by atoms with Gasteiger partial charge in [-0.25, -0.2) is 0 Å². The number of hydrogen-bond donors (Lipinski definition) is 1. The van der Waals surface area contributed by atoms with Crippen LogP contribution in [-0.2, 0) is 19.1 Å². The molecule has 0 saturated carbocycles. The summed E-state index contributed by atoms with van der Waals surface area (Å²) in [6, 6.07) is 4.70. The Balaban J connectivity index is 2.35. The first-order valence-electron chi connectivity index (χ1n) is 12.4. The maximum atomic E-state index is 11.7. The number of aromatic hydroxyl groups is 1. The molecule has 0 aliphatic rings. The fraction of sp³-hybridized carbons (Fsp3) is 0.692. The first-order chi connectivity index (χ1) is 16.0. The summed E-state index contributed by atoms with van der Waals surface area (Å²) < 4.78 is 15.2. The molecule has 0 fully saturated rings. The number of anilines is 1. The summed E-state index contributed by atoms with van der Waals surface area (Å²) in [7, 11) is 2.56. The second kappa shape index (κ2) is 18.0. The topological polar surface area (TPSA) is 85.3 Å². The number of benzene rings is 1. The Morgan fingerprint density at radius 2 is 1.24 bits per heavy atom. The Kier molecular flexibility index (Phi) is 15.6. The van der Waals surface area contributed by atoms with Crippen molar-refractivity contribution in [3.05, 3.63) is 18.2 Å². The van der Waals surface area contributed by atoms with E-state index in [-0.39, 0.29) is 18.8 Å². The summed E-state index contributed by atoms with van der Waals surface area (Å²) in [4.78, 5) is 24.9. The van der Waals surface area contributed by atoms with Crippen molar-refractivity contribution in [2.75, 3.05) is 38.8 Å². The summed E-state index contributed by atoms with van der Waals surface area (Å²) in [5, 5.41) is 10.1. The van der Waals surface area contributed by atoms with Crippen molar-refractivity contribution in [3.8, 4) is 11.5 Å². The summed E-state index contributed by atoms with van der Waals surface area (Å²) >= 11 is 0. The van der Waals surface area contributed by atoms with Crippen LogP contribution >= 0.6 is 0 Å². The SMILES string of the molecule is CCCCCCCCCCCCCCOc1cc(O)cc(N(CC(=O)OC)CC(=O)OC)c1. The van der Waals surface area contributed by atoms with E-state index in [2.05, 4.69) is 6.92 Å². The third-order valence-electron chi connectivity index (χ3n) is 5.60. The van der Waals surface area contributed by atoms with Gasteiger partial charge in [0, 0.05) is 23.9 Å². The highest BCUT2D eigenvalue weighted by Crippen LogP contribution is 2.28. The molecule has 0 bridgehead atoms. The molecule has 0 aliphatic heterocycles. The Hall–Kier alpha value is -2.44. The van der Waals surface area contributed by atoms with Gasteiger partial charge in [0.05, 0.1) is 20.8 Å². The molecule has 0 heterocycles. The van der Waals surface area contributed by atoms with Crippen molar-refractivity contribution in [1.82, 2.24) is 0 Å². The molecule has 0 unspecified atom stereocenters. The third kappa shape index (κ3) is 13.6. The Labute approximate surface area is 199 Å². The highest BCUT2D eigenvalue weighted by Gasteiger charge is 2.17. The van der Waals surface area contributed by atoms with Gasteiger partial charge in [-0.05, 0) is 6.42 Å². The number of carbonyl (C=O) groups excluding carboxylic acids is 2. The number of phenols is 1. The van der Waals surface area contributed by atoms with Crippen LogP contribution in [0.1, 0.15) is 84.0 Å². The predicted octanol–water partition coefficient (Wildman–Crippen LogP) is 5.62. The minimum atomic E-state index is -0.499. The largest absolute Gasteiger partial charge is 0.508 e. The molecular formula is C26H43NO6. The Morgan fingerprint density at radius 1 is 0.758 bits per heavy atom. The van der Waals surface area contributed by atoms with Gasteiger partial charge >= 0.3 is 11.9 Å². The van der Waals surface area contributed by atoms with E-state index >= 15 is 0 Å². The van der Waals surface area contributed by atoms with Gasteiger partial charge in [-0.15, -0.1) is 0 Å². The van der Waals surface area contributed by atoms with Crippen LogP contribution in [0, 0.1) is 0 Å². The van der Waals surface area contributed by atoms with E-state index in [0.29, 0.717) is 18.0 Å². The van der Waals surface area contributed by atoms with Gasteiger partial charge in [0.25, 0.3) is 0 Å². The normalized spacial score (nSPS) is 10.6. The van der Waals surface area contributed by atoms with Crippen LogP contribution in [0.4, 0.5) is 5.69 Å². The van der Waals surface area contributed by atoms with Gasteiger partial charge in [-0.1, -0.05) is 77.6 Å². The maximum Gasteiger partial charge on any atom is 0.325 e. The van der Waals surface area contributed by atoms with E-state index < -0.39 is 11.9 Å². The zero-order chi connectivity index (χ0) is 24.3. The first kappa shape index (κ1) is 28.6. The van der Waals surface area contributed by atoms with Crippen LogP contribution in [0.2, 0.25) is 0 Å². The van der Waals surface area contributed by atoms with E-state index in [1.807, 2.05) is 0 Å². The number of methoxy groups -OCH3 is 2. The van der Waals surface area contributed by atoms with Crippen LogP contribution in [0.3, 0.4) is 0 Å². The maximum absolute atomic E-state index is 11.7. The van der Waals surface area contributed by atoms with Crippen molar-refractivity contribution in [2.24, 2.45) is 0 Å². The van der Waals surface area contributed by atoms with Crippen LogP contribution < -0.4 is 9.64 Å². The van der Waals surface area contributed by atoms with E-state index in [1.54, 1.807) is 6.07 Å². The van der Waals surface area contributed by atoms with Crippen LogP contribution in [-0.4, -0.2) is 51.0 Å². The second-order valence-electron chi connectivity index (χ2n) is 8.43. The van der Waals surface area contributed by atoms with Crippen LogP contribution in [0.15, 0.2) is 18.2 Å². The van der Waals surface area contributed by atoms with Crippen molar-refractivity contribution >= 4 is 17.6 Å². The Bertz CT molecular complexity index is 661. The lowest BCUT2D eigenvalue weighted by molar-refractivity contribution is -0.140. The summed E-state index contributed by atoms with van der Waals surface area (Å²) in [5.74, 6) is -0.507. The van der Waals surface area contributed by atoms with E-state index in [9.17, 15) is 14.7 Å². The molecule has 0 aliphatic carbocycles. The minimum absolute atomic E-state index is 0.00285. The lowest BCUT2D eigenvalue weighted by Crippen LogP contribution is -2.35. The number of ether oxygens (including phenoxy) is 3. The molecule has 188 valence electrons. The number of rotatable bonds is 19. The molecule has 1 rings (SSSR count). The first-order valence-corrected chi connectivity index (χ1v) is 12.4. The van der Waals surface area contributed by atoms with Crippen molar-refractivity contribution < 1.29 is 28.9 Å². The predicted molar refractivity (Wildman–Crippen MR) is 131 cm³/mol. The van der Waals surface area contributed by atoms with Gasteiger partial charge in [-0.3, -0.25) is 9.59 Å². The third-order valence-corrected chi connectivity index (χ3v) is 5.60. The number of nitrogens with zero attached hydrogens (tertiary/aromatic N) is 1. The molecule has 0 saturated heterocycles. The number of esters is 2. The molecule has 0 radical (unpaired) electrons. The van der Waals surface area contributed by atoms with Crippen molar-refractivity contribution in [3.63, 3.8) is 0 Å². The second-order valence-corrected chi connectivity index (χ2v) is 8.43. The minimum Gasteiger partial charge on any atom is -0.508 e. The number of unbranched alkanes of at least 4 members (excludes halogenated alkanes) is 11. The molecule has 0 atom stereocenters. The average Bonchev–Trinajstić information content (AvgIpc) is 2.81. The molecule has 1 aromatic rings. The highest BCUT2D eigenvalue weighted by molar-refractivity contribution is 5.81. The van der Waals surface area contributed by atoms with Gasteiger partial charge in [0.1, 0.15) is 24.6 Å². The molecule has 33 heavy (non-hydrogen) atoms. The molecule has 0 spiro atoms. The van der Waals surface area contributed by atoms with Gasteiger partial charge in [0.15, 0.2) is 0 Å². The quantitative estimate of drug-likeness (QED) is 0.209. The number of hydrogen-bond acceptors (Lipinski definition) is 7. The summed E-state index contributed by atoms with van der Waals surface area (Å²) in [6.07, 6.45) is 15.3. The fourth-order valence-electron chi connectivity index (χ4n) is 3.65.